The van der Waals surface area contributed by atoms with E-state index in [0.29, 0.717) is 11.7 Å². The first-order valence-corrected chi connectivity index (χ1v) is 11.9. The number of anilines is 1. The lowest BCUT2D eigenvalue weighted by Crippen LogP contribution is -2.14. The minimum absolute atomic E-state index is 0.266. The second-order valence-electron chi connectivity index (χ2n) is 8.85. The Kier molecular flexibility index (Phi) is 6.30. The van der Waals surface area contributed by atoms with E-state index in [1.807, 2.05) is 18.5 Å². The number of nitrogens with zero attached hydrogens (tertiary/aromatic N) is 2. The van der Waals surface area contributed by atoms with Gasteiger partial charge in [0.2, 0.25) is 0 Å². The Morgan fingerprint density at radius 3 is 2.59 bits per heavy atom. The van der Waals surface area contributed by atoms with Crippen molar-refractivity contribution < 1.29 is 13.6 Å². The zero-order chi connectivity index (χ0) is 23.5. The second kappa shape index (κ2) is 9.67. The zero-order valence-electron chi connectivity index (χ0n) is 19.3. The highest BCUT2D eigenvalue weighted by Gasteiger charge is 2.23. The molecule has 1 aliphatic carbocycles. The molecule has 0 unspecified atom stereocenters. The van der Waals surface area contributed by atoms with Crippen LogP contribution in [-0.4, -0.2) is 15.5 Å². The standard InChI is InChI=1S/C28H28FN3O2/c1-2-19-15-21(17-23(16-19)31-28(33)25-9-6-14-34-25)27-26(20-10-12-22(29)13-11-20)30-18-32(27)24-7-4-3-5-8-24/h6,9-18,24H,2-5,7-8H2,1H3,(H,31,33). The van der Waals surface area contributed by atoms with Gasteiger partial charge in [0.25, 0.3) is 5.91 Å². The third-order valence-electron chi connectivity index (χ3n) is 6.56. The fourth-order valence-corrected chi connectivity index (χ4v) is 4.81. The molecule has 2 heterocycles. The van der Waals surface area contributed by atoms with Crippen molar-refractivity contribution in [2.75, 3.05) is 5.32 Å². The molecule has 34 heavy (non-hydrogen) atoms. The summed E-state index contributed by atoms with van der Waals surface area (Å²) in [4.78, 5) is 17.4. The van der Waals surface area contributed by atoms with Gasteiger partial charge in [-0.1, -0.05) is 26.2 Å². The van der Waals surface area contributed by atoms with Crippen LogP contribution >= 0.6 is 0 Å². The van der Waals surface area contributed by atoms with Gasteiger partial charge in [-0.15, -0.1) is 0 Å². The molecule has 0 radical (unpaired) electrons. The molecule has 0 saturated heterocycles. The first-order chi connectivity index (χ1) is 16.6. The lowest BCUT2D eigenvalue weighted by molar-refractivity contribution is 0.0996. The number of amides is 1. The number of carbonyl (C=O) groups excluding carboxylic acids is 1. The number of furan rings is 1. The lowest BCUT2D eigenvalue weighted by Gasteiger charge is -2.25. The summed E-state index contributed by atoms with van der Waals surface area (Å²) in [6.07, 6.45) is 10.1. The van der Waals surface area contributed by atoms with E-state index in [-0.39, 0.29) is 17.5 Å². The highest BCUT2D eigenvalue weighted by Crippen LogP contribution is 2.39. The molecule has 1 fully saturated rings. The second-order valence-corrected chi connectivity index (χ2v) is 8.85. The summed E-state index contributed by atoms with van der Waals surface area (Å²) in [5.74, 6) is -0.292. The third kappa shape index (κ3) is 4.53. The molecule has 0 aliphatic heterocycles. The Balaban J connectivity index is 1.61. The van der Waals surface area contributed by atoms with Crippen LogP contribution in [0, 0.1) is 5.82 Å². The minimum Gasteiger partial charge on any atom is -0.459 e. The van der Waals surface area contributed by atoms with Crippen LogP contribution in [0.5, 0.6) is 0 Å². The van der Waals surface area contributed by atoms with E-state index in [0.717, 1.165) is 47.3 Å². The van der Waals surface area contributed by atoms with E-state index in [9.17, 15) is 9.18 Å². The SMILES string of the molecule is CCc1cc(NC(=O)c2ccco2)cc(-c2c(-c3ccc(F)cc3)ncn2C2CCCCC2)c1. The van der Waals surface area contributed by atoms with Gasteiger partial charge < -0.3 is 14.3 Å². The van der Waals surface area contributed by atoms with Crippen molar-refractivity contribution in [1.29, 1.82) is 0 Å². The predicted molar refractivity (Wildman–Crippen MR) is 131 cm³/mol. The van der Waals surface area contributed by atoms with E-state index in [4.69, 9.17) is 9.40 Å². The number of imidazole rings is 1. The first kappa shape index (κ1) is 22.1. The molecule has 1 N–H and O–H groups in total. The van der Waals surface area contributed by atoms with Crippen molar-refractivity contribution in [3.63, 3.8) is 0 Å². The van der Waals surface area contributed by atoms with Crippen molar-refractivity contribution in [2.45, 2.75) is 51.5 Å². The van der Waals surface area contributed by atoms with Gasteiger partial charge in [0, 0.05) is 22.9 Å². The normalized spacial score (nSPS) is 14.3. The average molecular weight is 458 g/mol. The Hall–Kier alpha value is -3.67. The Morgan fingerprint density at radius 1 is 1.09 bits per heavy atom. The maximum Gasteiger partial charge on any atom is 0.291 e. The maximum absolute atomic E-state index is 13.6. The number of carbonyl (C=O) groups is 1. The average Bonchev–Trinajstić information content (AvgIpc) is 3.56. The molecular weight excluding hydrogens is 429 g/mol. The van der Waals surface area contributed by atoms with Crippen LogP contribution < -0.4 is 5.32 Å². The van der Waals surface area contributed by atoms with Crippen LogP contribution in [0.3, 0.4) is 0 Å². The lowest BCUT2D eigenvalue weighted by atomic mass is 9.94. The molecule has 1 amide bonds. The molecule has 5 rings (SSSR count). The molecule has 0 atom stereocenters. The van der Waals surface area contributed by atoms with E-state index < -0.39 is 0 Å². The maximum atomic E-state index is 13.6. The fraction of sp³-hybridized carbons (Fsp3) is 0.286. The molecule has 1 saturated carbocycles. The summed E-state index contributed by atoms with van der Waals surface area (Å²) in [5.41, 5.74) is 5.49. The molecule has 2 aromatic carbocycles. The Bertz CT molecular complexity index is 1270. The molecule has 0 spiro atoms. The summed E-state index contributed by atoms with van der Waals surface area (Å²) in [6.45, 7) is 2.09. The topological polar surface area (TPSA) is 60.1 Å². The smallest absolute Gasteiger partial charge is 0.291 e. The Morgan fingerprint density at radius 2 is 1.88 bits per heavy atom. The van der Waals surface area contributed by atoms with Crippen LogP contribution in [0.1, 0.15) is 61.2 Å². The van der Waals surface area contributed by atoms with Crippen LogP contribution in [0.2, 0.25) is 0 Å². The van der Waals surface area contributed by atoms with Gasteiger partial charge in [0.1, 0.15) is 5.82 Å². The molecule has 5 nitrogen and oxygen atoms in total. The number of nitrogens with one attached hydrogen (secondary N) is 1. The minimum atomic E-state index is -0.288. The third-order valence-corrected chi connectivity index (χ3v) is 6.56. The van der Waals surface area contributed by atoms with E-state index in [2.05, 4.69) is 22.9 Å². The van der Waals surface area contributed by atoms with Gasteiger partial charge in [-0.05, 0) is 79.4 Å². The summed E-state index contributed by atoms with van der Waals surface area (Å²) in [7, 11) is 0. The summed E-state index contributed by atoms with van der Waals surface area (Å²) < 4.78 is 21.2. The van der Waals surface area contributed by atoms with Gasteiger partial charge >= 0.3 is 0 Å². The quantitative estimate of drug-likeness (QED) is 0.331. The van der Waals surface area contributed by atoms with Crippen molar-refractivity contribution in [3.8, 4) is 22.5 Å². The number of halogens is 1. The van der Waals surface area contributed by atoms with Crippen molar-refractivity contribution >= 4 is 11.6 Å². The molecule has 4 aromatic rings. The van der Waals surface area contributed by atoms with Gasteiger partial charge in [0.15, 0.2) is 5.76 Å². The monoisotopic (exact) mass is 457 g/mol. The van der Waals surface area contributed by atoms with Gasteiger partial charge in [0.05, 0.1) is 24.0 Å². The summed E-state index contributed by atoms with van der Waals surface area (Å²) in [6, 6.07) is 16.3. The number of aromatic nitrogens is 2. The van der Waals surface area contributed by atoms with Gasteiger partial charge in [-0.3, -0.25) is 4.79 Å². The molecule has 174 valence electrons. The number of benzene rings is 2. The fourth-order valence-electron chi connectivity index (χ4n) is 4.81. The predicted octanol–water partition coefficient (Wildman–Crippen LogP) is 7.27. The molecule has 0 bridgehead atoms. The van der Waals surface area contributed by atoms with Crippen molar-refractivity contribution in [2.24, 2.45) is 0 Å². The van der Waals surface area contributed by atoms with Crippen molar-refractivity contribution in [3.05, 3.63) is 84.3 Å². The van der Waals surface area contributed by atoms with Crippen molar-refractivity contribution in [1.82, 2.24) is 9.55 Å². The van der Waals surface area contributed by atoms with E-state index in [1.165, 1.54) is 37.7 Å². The number of aryl methyl sites for hydroxylation is 1. The zero-order valence-corrected chi connectivity index (χ0v) is 19.3. The number of hydrogen-bond donors (Lipinski definition) is 1. The summed E-state index contributed by atoms with van der Waals surface area (Å²) in [5, 5.41) is 2.98. The van der Waals surface area contributed by atoms with Crippen LogP contribution in [-0.2, 0) is 6.42 Å². The molecular formula is C28H28FN3O2. The highest BCUT2D eigenvalue weighted by atomic mass is 19.1. The summed E-state index contributed by atoms with van der Waals surface area (Å²) >= 11 is 0. The molecule has 1 aliphatic rings. The van der Waals surface area contributed by atoms with Crippen LogP contribution in [0.4, 0.5) is 10.1 Å². The Labute approximate surface area is 198 Å². The molecule has 6 heteroatoms. The van der Waals surface area contributed by atoms with Crippen LogP contribution in [0.15, 0.2) is 71.6 Å². The van der Waals surface area contributed by atoms with Gasteiger partial charge in [-0.25, -0.2) is 9.37 Å². The number of rotatable bonds is 6. The molecule has 2 aromatic heterocycles. The van der Waals surface area contributed by atoms with E-state index in [1.54, 1.807) is 24.3 Å². The number of hydrogen-bond acceptors (Lipinski definition) is 3. The van der Waals surface area contributed by atoms with Crippen LogP contribution in [0.25, 0.3) is 22.5 Å². The first-order valence-electron chi connectivity index (χ1n) is 11.9. The highest BCUT2D eigenvalue weighted by molar-refractivity contribution is 6.02. The van der Waals surface area contributed by atoms with E-state index >= 15 is 0 Å². The largest absolute Gasteiger partial charge is 0.459 e. The van der Waals surface area contributed by atoms with Gasteiger partial charge in [-0.2, -0.15) is 0 Å².